The maximum Gasteiger partial charge on any atom is 0.293 e. The normalized spacial score (nSPS) is 9.12. The number of hydrogen-bond donors (Lipinski definition) is 0. The summed E-state index contributed by atoms with van der Waals surface area (Å²) < 4.78 is 4.67. The van der Waals surface area contributed by atoms with E-state index in [1.165, 1.54) is 0 Å². The van der Waals surface area contributed by atoms with Crippen molar-refractivity contribution in [1.29, 1.82) is 0 Å². The summed E-state index contributed by atoms with van der Waals surface area (Å²) in [6.45, 7) is 8.29. The van der Waals surface area contributed by atoms with Crippen LogP contribution in [0.4, 0.5) is 0 Å². The molecule has 2 nitrogen and oxygen atoms in total. The second-order valence-corrected chi connectivity index (χ2v) is 3.79. The van der Waals surface area contributed by atoms with Crippen LogP contribution in [0.25, 0.3) is 0 Å². The summed E-state index contributed by atoms with van der Waals surface area (Å²) in [4.78, 5) is 10.1. The van der Waals surface area contributed by atoms with Gasteiger partial charge in [-0.25, -0.2) is 0 Å². The van der Waals surface area contributed by atoms with Gasteiger partial charge in [-0.2, -0.15) is 0 Å². The van der Waals surface area contributed by atoms with Gasteiger partial charge in [0, 0.05) is 10.6 Å². The third kappa shape index (κ3) is 3.69. The highest BCUT2D eigenvalue weighted by Gasteiger charge is 2.10. The number of ether oxygens (including phenoxy) is 1. The lowest BCUT2D eigenvalue weighted by Crippen LogP contribution is -1.97. The van der Waals surface area contributed by atoms with Crippen LogP contribution < -0.4 is 0 Å². The molecule has 0 atom stereocenters. The first-order valence-electron chi connectivity index (χ1n) is 5.07. The highest BCUT2D eigenvalue weighted by Crippen LogP contribution is 2.30. The molecule has 0 spiro atoms. The molecule has 16 heavy (non-hydrogen) atoms. The molecule has 0 saturated carbocycles. The number of hydrogen-bond acceptors (Lipinski definition) is 2. The lowest BCUT2D eigenvalue weighted by Gasteiger charge is -2.11. The summed E-state index contributed by atoms with van der Waals surface area (Å²) in [7, 11) is 0. The van der Waals surface area contributed by atoms with Gasteiger partial charge in [0.05, 0.1) is 5.02 Å². The largest absolute Gasteiger partial charge is 0.463 e. The predicted octanol–water partition coefficient (Wildman–Crippen LogP) is 4.31. The summed E-state index contributed by atoms with van der Waals surface area (Å²) in [5, 5.41) is 1.19. The number of halogens is 2. The van der Waals surface area contributed by atoms with E-state index >= 15 is 0 Å². The minimum absolute atomic E-state index is 0.187. The Labute approximate surface area is 107 Å². The van der Waals surface area contributed by atoms with Crippen LogP contribution in [0.5, 0.6) is 0 Å². The molecule has 0 amide bonds. The first-order chi connectivity index (χ1) is 7.57. The zero-order valence-electron chi connectivity index (χ0n) is 9.93. The molecule has 0 aromatic heterocycles. The van der Waals surface area contributed by atoms with Crippen LogP contribution in [-0.4, -0.2) is 6.47 Å². The molecule has 0 unspecified atom stereocenters. The zero-order chi connectivity index (χ0) is 12.7. The minimum Gasteiger partial charge on any atom is -0.463 e. The monoisotopic (exact) mass is 262 g/mol. The molecule has 90 valence electrons. The fourth-order valence-corrected chi connectivity index (χ4v) is 1.80. The maximum atomic E-state index is 10.1. The Kier molecular flexibility index (Phi) is 7.18. The fraction of sp³-hybridized carbons (Fsp3) is 0.417. The van der Waals surface area contributed by atoms with E-state index in [0.29, 0.717) is 16.5 Å². The molecule has 1 aromatic rings. The van der Waals surface area contributed by atoms with E-state index in [2.05, 4.69) is 4.74 Å². The highest BCUT2D eigenvalue weighted by atomic mass is 35.5. The first-order valence-corrected chi connectivity index (χ1v) is 5.82. The molecule has 0 saturated heterocycles. The van der Waals surface area contributed by atoms with E-state index in [0.717, 1.165) is 16.7 Å². The molecule has 0 bridgehead atoms. The molecular formula is C12H16Cl2O2. The molecule has 1 rings (SSSR count). The lowest BCUT2D eigenvalue weighted by molar-refractivity contribution is -0.129. The van der Waals surface area contributed by atoms with Crippen molar-refractivity contribution < 1.29 is 9.53 Å². The number of carbonyl (C=O) groups is 1. The molecule has 0 aliphatic rings. The Morgan fingerprint density at radius 3 is 2.38 bits per heavy atom. The van der Waals surface area contributed by atoms with E-state index in [1.54, 1.807) is 0 Å². The van der Waals surface area contributed by atoms with Crippen LogP contribution in [0, 0.1) is 13.8 Å². The van der Waals surface area contributed by atoms with Crippen LogP contribution in [0.15, 0.2) is 6.07 Å². The Hall–Kier alpha value is -0.730. The van der Waals surface area contributed by atoms with Gasteiger partial charge in [0.15, 0.2) is 0 Å². The van der Waals surface area contributed by atoms with Crippen molar-refractivity contribution in [3.8, 4) is 0 Å². The van der Waals surface area contributed by atoms with Gasteiger partial charge in [-0.1, -0.05) is 37.0 Å². The number of benzene rings is 1. The Morgan fingerprint density at radius 2 is 1.88 bits per heavy atom. The van der Waals surface area contributed by atoms with Gasteiger partial charge in [0.25, 0.3) is 6.47 Å². The molecule has 4 heteroatoms. The Bertz CT molecular complexity index is 363. The maximum absolute atomic E-state index is 10.1. The molecule has 0 N–H and O–H groups in total. The zero-order valence-corrected chi connectivity index (χ0v) is 11.4. The van der Waals surface area contributed by atoms with Crippen molar-refractivity contribution in [2.45, 2.75) is 34.3 Å². The van der Waals surface area contributed by atoms with Crippen molar-refractivity contribution in [3.05, 3.63) is 32.8 Å². The molecule has 0 aliphatic carbocycles. The highest BCUT2D eigenvalue weighted by molar-refractivity contribution is 6.36. The topological polar surface area (TPSA) is 26.3 Å². The van der Waals surface area contributed by atoms with Crippen LogP contribution in [-0.2, 0) is 16.1 Å². The van der Waals surface area contributed by atoms with Crippen LogP contribution >= 0.6 is 23.2 Å². The van der Waals surface area contributed by atoms with Crippen LogP contribution in [0.2, 0.25) is 10.0 Å². The summed E-state index contributed by atoms with van der Waals surface area (Å²) in [6.07, 6.45) is 0. The predicted molar refractivity (Wildman–Crippen MR) is 68.1 cm³/mol. The number of carbonyl (C=O) groups excluding carboxylic acids is 1. The number of aryl methyl sites for hydroxylation is 1. The number of rotatable bonds is 3. The minimum atomic E-state index is 0.187. The van der Waals surface area contributed by atoms with Crippen molar-refractivity contribution in [3.63, 3.8) is 0 Å². The Morgan fingerprint density at radius 1 is 1.31 bits per heavy atom. The van der Waals surface area contributed by atoms with Gasteiger partial charge in [-0.3, -0.25) is 4.79 Å². The van der Waals surface area contributed by atoms with Crippen LogP contribution in [0.1, 0.15) is 30.5 Å². The van der Waals surface area contributed by atoms with Crippen molar-refractivity contribution >= 4 is 29.7 Å². The van der Waals surface area contributed by atoms with E-state index in [9.17, 15) is 4.79 Å². The van der Waals surface area contributed by atoms with Crippen LogP contribution in [0.3, 0.4) is 0 Å². The lowest BCUT2D eigenvalue weighted by atomic mass is 10.1. The standard InChI is InChI=1S/C10H10Cl2O2.C2H6/c1-6-3-9(11)7(2)10(12)8(6)4-14-5-13;1-2/h3,5H,4H2,1-2H3;1-2H3. The summed E-state index contributed by atoms with van der Waals surface area (Å²) >= 11 is 12.0. The molecule has 0 fully saturated rings. The summed E-state index contributed by atoms with van der Waals surface area (Å²) in [5.74, 6) is 0. The van der Waals surface area contributed by atoms with Gasteiger partial charge in [0.1, 0.15) is 6.61 Å². The molecule has 1 aromatic carbocycles. The van der Waals surface area contributed by atoms with E-state index in [-0.39, 0.29) is 6.61 Å². The van der Waals surface area contributed by atoms with Gasteiger partial charge < -0.3 is 4.74 Å². The van der Waals surface area contributed by atoms with Crippen molar-refractivity contribution in [2.24, 2.45) is 0 Å². The first kappa shape index (κ1) is 15.3. The van der Waals surface area contributed by atoms with Gasteiger partial charge in [-0.15, -0.1) is 0 Å². The molecular weight excluding hydrogens is 247 g/mol. The molecule has 0 aliphatic heterocycles. The average molecular weight is 263 g/mol. The van der Waals surface area contributed by atoms with Gasteiger partial charge >= 0.3 is 0 Å². The van der Waals surface area contributed by atoms with E-state index in [1.807, 2.05) is 33.8 Å². The second kappa shape index (κ2) is 7.53. The van der Waals surface area contributed by atoms with E-state index in [4.69, 9.17) is 23.2 Å². The average Bonchev–Trinajstić information content (AvgIpc) is 2.29. The smallest absolute Gasteiger partial charge is 0.293 e. The Balaban J connectivity index is 0.00000106. The van der Waals surface area contributed by atoms with Crippen molar-refractivity contribution in [2.75, 3.05) is 0 Å². The molecule has 0 radical (unpaired) electrons. The summed E-state index contributed by atoms with van der Waals surface area (Å²) in [6, 6.07) is 1.81. The molecule has 0 heterocycles. The third-order valence-electron chi connectivity index (χ3n) is 2.07. The fourth-order valence-electron chi connectivity index (χ4n) is 1.18. The summed E-state index contributed by atoms with van der Waals surface area (Å²) in [5.41, 5.74) is 2.54. The SMILES string of the molecule is CC.Cc1cc(Cl)c(C)c(Cl)c1COC=O. The third-order valence-corrected chi connectivity index (χ3v) is 2.97. The van der Waals surface area contributed by atoms with Gasteiger partial charge in [0.2, 0.25) is 0 Å². The van der Waals surface area contributed by atoms with E-state index < -0.39 is 0 Å². The van der Waals surface area contributed by atoms with Crippen molar-refractivity contribution in [1.82, 2.24) is 0 Å². The second-order valence-electron chi connectivity index (χ2n) is 3.00. The quantitative estimate of drug-likeness (QED) is 0.759. The van der Waals surface area contributed by atoms with Gasteiger partial charge in [-0.05, 0) is 31.0 Å².